The van der Waals surface area contributed by atoms with E-state index in [4.69, 9.17) is 16.3 Å². The van der Waals surface area contributed by atoms with Gasteiger partial charge in [-0.2, -0.15) is 17.0 Å². The van der Waals surface area contributed by atoms with Crippen LogP contribution in [-0.2, 0) is 10.2 Å². The Balaban J connectivity index is 1.62. The maximum absolute atomic E-state index is 13.0. The van der Waals surface area contributed by atoms with Gasteiger partial charge in [0.15, 0.2) is 0 Å². The van der Waals surface area contributed by atoms with E-state index >= 15 is 0 Å². The Labute approximate surface area is 177 Å². The average Bonchev–Trinajstić information content (AvgIpc) is 2.95. The lowest BCUT2D eigenvalue weighted by Gasteiger charge is -2.33. The zero-order valence-electron chi connectivity index (χ0n) is 16.9. The predicted molar refractivity (Wildman–Crippen MR) is 114 cm³/mol. The maximum atomic E-state index is 13.0. The van der Waals surface area contributed by atoms with Crippen molar-refractivity contribution in [1.29, 1.82) is 0 Å². The first kappa shape index (κ1) is 22.1. The van der Waals surface area contributed by atoms with Crippen LogP contribution in [0.25, 0.3) is 0 Å². The summed E-state index contributed by atoms with van der Waals surface area (Å²) in [6, 6.07) is 4.71. The molecule has 2 saturated heterocycles. The predicted octanol–water partition coefficient (Wildman–Crippen LogP) is 2.86. The fourth-order valence-electron chi connectivity index (χ4n) is 3.68. The van der Waals surface area contributed by atoms with Crippen molar-refractivity contribution >= 4 is 33.5 Å². The van der Waals surface area contributed by atoms with Gasteiger partial charge in [0.1, 0.15) is 5.75 Å². The molecule has 2 aliphatic rings. The van der Waals surface area contributed by atoms with Gasteiger partial charge in [0.25, 0.3) is 10.2 Å². The van der Waals surface area contributed by atoms with E-state index in [9.17, 15) is 13.2 Å². The second-order valence-electron chi connectivity index (χ2n) is 7.60. The van der Waals surface area contributed by atoms with Gasteiger partial charge < -0.3 is 15.0 Å². The number of nitrogens with one attached hydrogen (secondary N) is 1. The minimum Gasteiger partial charge on any atom is -0.495 e. The number of hydrogen-bond donors (Lipinski definition) is 1. The molecule has 10 heteroatoms. The number of carbonyl (C=O) groups is 1. The zero-order valence-corrected chi connectivity index (χ0v) is 18.5. The third-order valence-corrected chi connectivity index (χ3v) is 7.81. The van der Waals surface area contributed by atoms with Gasteiger partial charge in [-0.05, 0) is 43.4 Å². The summed E-state index contributed by atoms with van der Waals surface area (Å²) in [6.45, 7) is 4.81. The van der Waals surface area contributed by atoms with Crippen molar-refractivity contribution < 1.29 is 17.9 Å². The quantitative estimate of drug-likeness (QED) is 0.774. The molecule has 1 N–H and O–H groups in total. The highest BCUT2D eigenvalue weighted by Gasteiger charge is 2.33. The second kappa shape index (κ2) is 9.51. The van der Waals surface area contributed by atoms with Crippen LogP contribution in [0.3, 0.4) is 0 Å². The summed E-state index contributed by atoms with van der Waals surface area (Å²) in [5, 5.41) is 3.31. The highest BCUT2D eigenvalue weighted by molar-refractivity contribution is 7.86. The molecule has 29 heavy (non-hydrogen) atoms. The molecule has 1 aromatic rings. The summed E-state index contributed by atoms with van der Waals surface area (Å²) in [7, 11) is -1.96. The van der Waals surface area contributed by atoms with Gasteiger partial charge in [-0.15, -0.1) is 0 Å². The van der Waals surface area contributed by atoms with Crippen LogP contribution in [0.15, 0.2) is 18.2 Å². The van der Waals surface area contributed by atoms with Crippen LogP contribution >= 0.6 is 11.6 Å². The molecule has 0 atom stereocenters. The van der Waals surface area contributed by atoms with Crippen LogP contribution in [0.4, 0.5) is 10.5 Å². The Bertz CT molecular complexity index is 827. The lowest BCUT2D eigenvalue weighted by molar-refractivity contribution is 0.213. The molecule has 2 fully saturated rings. The Morgan fingerprint density at radius 2 is 1.79 bits per heavy atom. The molecule has 0 spiro atoms. The third kappa shape index (κ3) is 5.33. The Hall–Kier alpha value is -1.55. The lowest BCUT2D eigenvalue weighted by Crippen LogP contribution is -2.48. The molecule has 2 amide bonds. The number of rotatable bonds is 4. The van der Waals surface area contributed by atoms with Crippen molar-refractivity contribution in [2.24, 2.45) is 5.92 Å². The summed E-state index contributed by atoms with van der Waals surface area (Å²) < 4.78 is 34.3. The highest BCUT2D eigenvalue weighted by atomic mass is 35.5. The minimum absolute atomic E-state index is 0.286. The number of nitrogens with zero attached hydrogens (tertiary/aromatic N) is 3. The van der Waals surface area contributed by atoms with Gasteiger partial charge in [0.05, 0.1) is 12.8 Å². The fraction of sp³-hybridized carbons (Fsp3) is 0.632. The number of halogens is 1. The van der Waals surface area contributed by atoms with Gasteiger partial charge in [-0.1, -0.05) is 18.5 Å². The van der Waals surface area contributed by atoms with E-state index in [0.717, 1.165) is 12.8 Å². The van der Waals surface area contributed by atoms with E-state index in [0.29, 0.717) is 61.5 Å². The summed E-state index contributed by atoms with van der Waals surface area (Å²) in [6.07, 6.45) is 2.37. The number of amides is 2. The van der Waals surface area contributed by atoms with E-state index in [1.807, 2.05) is 0 Å². The van der Waals surface area contributed by atoms with Gasteiger partial charge in [0, 0.05) is 44.3 Å². The monoisotopic (exact) mass is 444 g/mol. The minimum atomic E-state index is -3.49. The van der Waals surface area contributed by atoms with Crippen molar-refractivity contribution in [2.75, 3.05) is 51.7 Å². The Morgan fingerprint density at radius 3 is 2.48 bits per heavy atom. The molecule has 0 bridgehead atoms. The first-order valence-corrected chi connectivity index (χ1v) is 11.7. The number of methoxy groups -OCH3 is 1. The number of anilines is 1. The van der Waals surface area contributed by atoms with Crippen LogP contribution in [0.1, 0.15) is 26.2 Å². The third-order valence-electron chi connectivity index (χ3n) is 5.54. The van der Waals surface area contributed by atoms with Crippen LogP contribution in [0, 0.1) is 5.92 Å². The molecule has 2 aliphatic heterocycles. The maximum Gasteiger partial charge on any atom is 0.321 e. The average molecular weight is 445 g/mol. The number of piperidine rings is 1. The summed E-state index contributed by atoms with van der Waals surface area (Å²) in [4.78, 5) is 14.4. The Kier molecular flexibility index (Phi) is 7.26. The van der Waals surface area contributed by atoms with Crippen LogP contribution in [-0.4, -0.2) is 74.3 Å². The van der Waals surface area contributed by atoms with Crippen molar-refractivity contribution in [3.05, 3.63) is 23.2 Å². The van der Waals surface area contributed by atoms with Crippen LogP contribution < -0.4 is 10.1 Å². The van der Waals surface area contributed by atoms with Crippen molar-refractivity contribution in [1.82, 2.24) is 13.5 Å². The summed E-state index contributed by atoms with van der Waals surface area (Å²) >= 11 is 6.02. The van der Waals surface area contributed by atoms with E-state index in [1.165, 1.54) is 11.4 Å². The van der Waals surface area contributed by atoms with Gasteiger partial charge in [0.2, 0.25) is 0 Å². The molecule has 0 radical (unpaired) electrons. The van der Waals surface area contributed by atoms with Crippen molar-refractivity contribution in [3.63, 3.8) is 0 Å². The van der Waals surface area contributed by atoms with Crippen LogP contribution in [0.2, 0.25) is 5.02 Å². The molecular weight excluding hydrogens is 416 g/mol. The molecule has 0 aromatic heterocycles. The normalized spacial score (nSPS) is 20.3. The SMILES string of the molecule is COc1ccc(Cl)cc1NC(=O)N1CCCN(S(=O)(=O)N2CCC(C)CC2)CC1. The molecule has 0 aliphatic carbocycles. The number of urea groups is 1. The molecular formula is C19H29ClN4O4S. The standard InChI is InChI=1S/C19H29ClN4O4S/c1-15-6-10-24(11-7-15)29(26,27)23-9-3-8-22(12-13-23)19(25)21-17-14-16(20)4-5-18(17)28-2/h4-5,14-15H,3,6-13H2,1-2H3,(H,21,25). The lowest BCUT2D eigenvalue weighted by atomic mass is 10.0. The number of carbonyl (C=O) groups excluding carboxylic acids is 1. The topological polar surface area (TPSA) is 82.2 Å². The Morgan fingerprint density at radius 1 is 1.10 bits per heavy atom. The molecule has 0 unspecified atom stereocenters. The largest absolute Gasteiger partial charge is 0.495 e. The number of benzene rings is 1. The summed E-state index contributed by atoms with van der Waals surface area (Å²) in [5.74, 6) is 1.08. The van der Waals surface area contributed by atoms with Crippen molar-refractivity contribution in [2.45, 2.75) is 26.2 Å². The number of hydrogen-bond acceptors (Lipinski definition) is 4. The highest BCUT2D eigenvalue weighted by Crippen LogP contribution is 2.28. The van der Waals surface area contributed by atoms with E-state index in [1.54, 1.807) is 27.4 Å². The van der Waals surface area contributed by atoms with Crippen molar-refractivity contribution in [3.8, 4) is 5.75 Å². The molecule has 2 heterocycles. The molecule has 8 nitrogen and oxygen atoms in total. The van der Waals surface area contributed by atoms with Gasteiger partial charge >= 0.3 is 6.03 Å². The number of ether oxygens (including phenoxy) is 1. The molecule has 3 rings (SSSR count). The second-order valence-corrected chi connectivity index (χ2v) is 9.97. The molecule has 162 valence electrons. The zero-order chi connectivity index (χ0) is 21.0. The molecule has 0 saturated carbocycles. The fourth-order valence-corrected chi connectivity index (χ4v) is 5.52. The first-order chi connectivity index (χ1) is 13.8. The summed E-state index contributed by atoms with van der Waals surface area (Å²) in [5.41, 5.74) is 0.487. The van der Waals surface area contributed by atoms with E-state index < -0.39 is 10.2 Å². The smallest absolute Gasteiger partial charge is 0.321 e. The molecule has 1 aromatic carbocycles. The first-order valence-electron chi connectivity index (χ1n) is 9.96. The van der Waals surface area contributed by atoms with E-state index in [2.05, 4.69) is 12.2 Å². The van der Waals surface area contributed by atoms with Gasteiger partial charge in [-0.25, -0.2) is 4.79 Å². The van der Waals surface area contributed by atoms with Gasteiger partial charge in [-0.3, -0.25) is 0 Å². The van der Waals surface area contributed by atoms with Crippen LogP contribution in [0.5, 0.6) is 5.75 Å². The van der Waals surface area contributed by atoms with E-state index in [-0.39, 0.29) is 12.6 Å².